The summed E-state index contributed by atoms with van der Waals surface area (Å²) in [6.07, 6.45) is 0.926. The first kappa shape index (κ1) is 13.4. The lowest BCUT2D eigenvalue weighted by atomic mass is 10.3. The summed E-state index contributed by atoms with van der Waals surface area (Å²) >= 11 is 0. The number of amides is 1. The van der Waals surface area contributed by atoms with Gasteiger partial charge in [-0.1, -0.05) is 0 Å². The molecule has 0 aliphatic heterocycles. The van der Waals surface area contributed by atoms with Crippen molar-refractivity contribution >= 4 is 5.91 Å². The van der Waals surface area contributed by atoms with Gasteiger partial charge in [0.05, 0.1) is 13.2 Å². The molecule has 0 aliphatic rings. The van der Waals surface area contributed by atoms with Gasteiger partial charge in [-0.3, -0.25) is 4.79 Å². The molecule has 4 nitrogen and oxygen atoms in total. The fourth-order valence-electron chi connectivity index (χ4n) is 1.24. The van der Waals surface area contributed by atoms with Crippen molar-refractivity contribution in [1.29, 1.82) is 0 Å². The van der Waals surface area contributed by atoms with Gasteiger partial charge in [-0.05, 0) is 30.7 Å². The van der Waals surface area contributed by atoms with E-state index in [-0.39, 0.29) is 24.9 Å². The minimum atomic E-state index is -0.305. The van der Waals surface area contributed by atoms with Crippen LogP contribution in [0.1, 0.15) is 12.8 Å². The molecule has 0 bridgehead atoms. The van der Waals surface area contributed by atoms with E-state index in [1.54, 1.807) is 12.1 Å². The van der Waals surface area contributed by atoms with Crippen LogP contribution in [-0.2, 0) is 4.79 Å². The Morgan fingerprint density at radius 2 is 2.06 bits per heavy atom. The van der Waals surface area contributed by atoms with E-state index in [1.165, 1.54) is 12.1 Å². The summed E-state index contributed by atoms with van der Waals surface area (Å²) in [4.78, 5) is 11.1. The summed E-state index contributed by atoms with van der Waals surface area (Å²) in [6.45, 7) is 0.619. The molecule has 94 valence electrons. The number of hydrogen-bond acceptors (Lipinski definition) is 3. The van der Waals surface area contributed by atoms with Crippen molar-refractivity contribution in [3.63, 3.8) is 0 Å². The highest BCUT2D eigenvalue weighted by Gasteiger charge is 2.00. The molecule has 5 heteroatoms. The molecule has 0 radical (unpaired) electrons. The molecule has 0 heterocycles. The van der Waals surface area contributed by atoms with Gasteiger partial charge in [-0.2, -0.15) is 0 Å². The number of aliphatic hydroxyl groups excluding tert-OH is 1. The van der Waals surface area contributed by atoms with Crippen LogP contribution in [0.25, 0.3) is 0 Å². The van der Waals surface area contributed by atoms with Gasteiger partial charge < -0.3 is 15.2 Å². The molecule has 0 unspecified atom stereocenters. The third kappa shape index (κ3) is 5.87. The maximum Gasteiger partial charge on any atom is 0.220 e. The van der Waals surface area contributed by atoms with Crippen LogP contribution in [0.15, 0.2) is 24.3 Å². The van der Waals surface area contributed by atoms with Gasteiger partial charge in [0, 0.05) is 13.0 Å². The van der Waals surface area contributed by atoms with E-state index in [2.05, 4.69) is 5.32 Å². The van der Waals surface area contributed by atoms with E-state index in [1.807, 2.05) is 0 Å². The van der Waals surface area contributed by atoms with Crippen molar-refractivity contribution in [2.45, 2.75) is 12.8 Å². The van der Waals surface area contributed by atoms with Gasteiger partial charge in [0.1, 0.15) is 11.6 Å². The van der Waals surface area contributed by atoms with Crippen LogP contribution in [0.2, 0.25) is 0 Å². The zero-order chi connectivity index (χ0) is 12.5. The summed E-state index contributed by atoms with van der Waals surface area (Å²) in [6, 6.07) is 5.73. The minimum Gasteiger partial charge on any atom is -0.494 e. The first-order valence-corrected chi connectivity index (χ1v) is 5.48. The number of benzene rings is 1. The Balaban J connectivity index is 2.11. The third-order valence-corrected chi connectivity index (χ3v) is 2.06. The van der Waals surface area contributed by atoms with Crippen LogP contribution in [0.5, 0.6) is 5.75 Å². The summed E-state index contributed by atoms with van der Waals surface area (Å²) < 4.78 is 17.9. The molecule has 1 amide bonds. The second-order valence-electron chi connectivity index (χ2n) is 3.48. The maximum absolute atomic E-state index is 12.6. The normalized spacial score (nSPS) is 10.0. The topological polar surface area (TPSA) is 58.6 Å². The Labute approximate surface area is 99.4 Å². The van der Waals surface area contributed by atoms with Crippen molar-refractivity contribution in [3.8, 4) is 5.75 Å². The SMILES string of the molecule is O=C(CCCOc1ccc(F)cc1)NCCO. The largest absolute Gasteiger partial charge is 0.494 e. The van der Waals surface area contributed by atoms with Gasteiger partial charge in [0.25, 0.3) is 0 Å². The smallest absolute Gasteiger partial charge is 0.220 e. The van der Waals surface area contributed by atoms with Crippen LogP contribution in [0.4, 0.5) is 4.39 Å². The Hall–Kier alpha value is -1.62. The Bertz CT molecular complexity index is 340. The summed E-state index contributed by atoms with van der Waals surface area (Å²) in [5.74, 6) is 0.171. The number of halogens is 1. The predicted octanol–water partition coefficient (Wildman–Crippen LogP) is 1.09. The van der Waals surface area contributed by atoms with Crippen molar-refractivity contribution in [2.24, 2.45) is 0 Å². The zero-order valence-corrected chi connectivity index (χ0v) is 9.49. The fourth-order valence-corrected chi connectivity index (χ4v) is 1.24. The molecule has 17 heavy (non-hydrogen) atoms. The van der Waals surface area contributed by atoms with Gasteiger partial charge in [-0.25, -0.2) is 4.39 Å². The molecule has 0 aromatic heterocycles. The van der Waals surface area contributed by atoms with Crippen LogP contribution in [-0.4, -0.2) is 30.8 Å². The molecule has 1 rings (SSSR count). The molecular weight excluding hydrogens is 225 g/mol. The highest BCUT2D eigenvalue weighted by molar-refractivity contribution is 5.75. The predicted molar refractivity (Wildman–Crippen MR) is 61.2 cm³/mol. The van der Waals surface area contributed by atoms with Gasteiger partial charge in [0.2, 0.25) is 5.91 Å². The van der Waals surface area contributed by atoms with Crippen LogP contribution in [0.3, 0.4) is 0 Å². The second kappa shape index (κ2) is 7.62. The first-order chi connectivity index (χ1) is 8.22. The molecule has 0 atom stereocenters. The van der Waals surface area contributed by atoms with Gasteiger partial charge in [0.15, 0.2) is 0 Å². The van der Waals surface area contributed by atoms with E-state index in [0.717, 1.165) is 0 Å². The Morgan fingerprint density at radius 1 is 1.35 bits per heavy atom. The summed E-state index contributed by atoms with van der Waals surface area (Å²) in [5.41, 5.74) is 0. The van der Waals surface area contributed by atoms with E-state index < -0.39 is 0 Å². The first-order valence-electron chi connectivity index (χ1n) is 5.48. The second-order valence-corrected chi connectivity index (χ2v) is 3.48. The molecule has 0 fully saturated rings. The fraction of sp³-hybridized carbons (Fsp3) is 0.417. The summed E-state index contributed by atoms with van der Waals surface area (Å²) in [5, 5.41) is 11.0. The third-order valence-electron chi connectivity index (χ3n) is 2.06. The zero-order valence-electron chi connectivity index (χ0n) is 9.49. The average Bonchev–Trinajstić information content (AvgIpc) is 2.34. The summed E-state index contributed by atoms with van der Waals surface area (Å²) in [7, 11) is 0. The van der Waals surface area contributed by atoms with Crippen LogP contribution in [0, 0.1) is 5.82 Å². The average molecular weight is 241 g/mol. The molecule has 0 saturated heterocycles. The van der Waals surface area contributed by atoms with Crippen molar-refractivity contribution in [3.05, 3.63) is 30.1 Å². The standard InChI is InChI=1S/C12H16FNO3/c13-10-3-5-11(6-4-10)17-9-1-2-12(16)14-7-8-15/h3-6,15H,1-2,7-9H2,(H,14,16). The molecule has 0 saturated carbocycles. The number of hydrogen-bond donors (Lipinski definition) is 2. The number of rotatable bonds is 7. The lowest BCUT2D eigenvalue weighted by Crippen LogP contribution is -2.26. The maximum atomic E-state index is 12.6. The molecular formula is C12H16FNO3. The lowest BCUT2D eigenvalue weighted by Gasteiger charge is -2.06. The van der Waals surface area contributed by atoms with Gasteiger partial charge >= 0.3 is 0 Å². The molecule has 0 spiro atoms. The molecule has 2 N–H and O–H groups in total. The minimum absolute atomic E-state index is 0.0577. The number of ether oxygens (including phenoxy) is 1. The molecule has 0 aliphatic carbocycles. The van der Waals surface area contributed by atoms with E-state index in [0.29, 0.717) is 25.2 Å². The van der Waals surface area contributed by atoms with E-state index in [4.69, 9.17) is 9.84 Å². The van der Waals surface area contributed by atoms with Crippen molar-refractivity contribution in [1.82, 2.24) is 5.32 Å². The number of carbonyl (C=O) groups is 1. The lowest BCUT2D eigenvalue weighted by molar-refractivity contribution is -0.121. The van der Waals surface area contributed by atoms with Gasteiger partial charge in [-0.15, -0.1) is 0 Å². The number of aliphatic hydroxyl groups is 1. The van der Waals surface area contributed by atoms with Crippen LogP contribution < -0.4 is 10.1 Å². The van der Waals surface area contributed by atoms with Crippen LogP contribution >= 0.6 is 0 Å². The highest BCUT2D eigenvalue weighted by atomic mass is 19.1. The quantitative estimate of drug-likeness (QED) is 0.703. The van der Waals surface area contributed by atoms with Crippen molar-refractivity contribution in [2.75, 3.05) is 19.8 Å². The monoisotopic (exact) mass is 241 g/mol. The van der Waals surface area contributed by atoms with Crippen molar-refractivity contribution < 1.29 is 19.0 Å². The Morgan fingerprint density at radius 3 is 2.71 bits per heavy atom. The number of carbonyl (C=O) groups excluding carboxylic acids is 1. The van der Waals surface area contributed by atoms with E-state index >= 15 is 0 Å². The Kier molecular flexibility index (Phi) is 6.03. The molecule has 1 aromatic rings. The number of nitrogens with one attached hydrogen (secondary N) is 1. The molecule has 1 aromatic carbocycles. The van der Waals surface area contributed by atoms with E-state index in [9.17, 15) is 9.18 Å². The highest BCUT2D eigenvalue weighted by Crippen LogP contribution is 2.11.